The zero-order valence-corrected chi connectivity index (χ0v) is 10.9. The standard InChI is InChI=1S/C15H17N3O/c1-10-4-13(7-17-6-10)15(18-16)11-2-3-12-8-19-9-14(12)5-11/h2-7,15,18H,8-9,16H2,1H3. The Morgan fingerprint density at radius 1 is 1.16 bits per heavy atom. The molecule has 2 heterocycles. The number of rotatable bonds is 3. The Bertz CT molecular complexity index is 598. The molecule has 0 amide bonds. The van der Waals surface area contributed by atoms with Crippen molar-refractivity contribution in [1.82, 2.24) is 10.4 Å². The van der Waals surface area contributed by atoms with Crippen molar-refractivity contribution in [3.05, 3.63) is 64.5 Å². The number of nitrogens with one attached hydrogen (secondary N) is 1. The lowest BCUT2D eigenvalue weighted by Gasteiger charge is -2.17. The highest BCUT2D eigenvalue weighted by atomic mass is 16.5. The predicted octanol–water partition coefficient (Wildman–Crippen LogP) is 1.97. The molecule has 1 atom stereocenters. The number of nitrogens with zero attached hydrogens (tertiary/aromatic N) is 1. The van der Waals surface area contributed by atoms with E-state index < -0.39 is 0 Å². The molecular weight excluding hydrogens is 238 g/mol. The molecule has 0 aliphatic carbocycles. The van der Waals surface area contributed by atoms with Crippen molar-refractivity contribution in [2.24, 2.45) is 5.84 Å². The van der Waals surface area contributed by atoms with Crippen LogP contribution in [-0.4, -0.2) is 4.98 Å². The average molecular weight is 255 g/mol. The van der Waals surface area contributed by atoms with E-state index in [0.717, 1.165) is 16.7 Å². The van der Waals surface area contributed by atoms with Gasteiger partial charge in [0.05, 0.1) is 19.3 Å². The third kappa shape index (κ3) is 2.38. The van der Waals surface area contributed by atoms with E-state index in [1.54, 1.807) is 0 Å². The summed E-state index contributed by atoms with van der Waals surface area (Å²) in [6, 6.07) is 8.43. The Morgan fingerprint density at radius 2 is 2.00 bits per heavy atom. The minimum atomic E-state index is -0.0432. The number of ether oxygens (including phenoxy) is 1. The fraction of sp³-hybridized carbons (Fsp3) is 0.267. The number of benzene rings is 1. The molecule has 1 aromatic carbocycles. The summed E-state index contributed by atoms with van der Waals surface area (Å²) in [5, 5.41) is 0. The minimum absolute atomic E-state index is 0.0432. The molecule has 19 heavy (non-hydrogen) atoms. The normalized spacial score (nSPS) is 15.3. The second-order valence-corrected chi connectivity index (χ2v) is 4.92. The van der Waals surface area contributed by atoms with Gasteiger partial charge in [0.15, 0.2) is 0 Å². The van der Waals surface area contributed by atoms with Crippen LogP contribution in [0.15, 0.2) is 36.7 Å². The van der Waals surface area contributed by atoms with Crippen LogP contribution in [0.5, 0.6) is 0 Å². The molecule has 3 rings (SSSR count). The third-order valence-corrected chi connectivity index (χ3v) is 3.47. The number of hydrogen-bond acceptors (Lipinski definition) is 4. The van der Waals surface area contributed by atoms with Gasteiger partial charge < -0.3 is 4.74 Å². The molecule has 0 spiro atoms. The summed E-state index contributed by atoms with van der Waals surface area (Å²) in [5.41, 5.74) is 8.72. The Labute approximate surface area is 112 Å². The van der Waals surface area contributed by atoms with Crippen molar-refractivity contribution in [1.29, 1.82) is 0 Å². The Kier molecular flexibility index (Phi) is 3.29. The van der Waals surface area contributed by atoms with Gasteiger partial charge in [0, 0.05) is 12.4 Å². The van der Waals surface area contributed by atoms with E-state index in [9.17, 15) is 0 Å². The van der Waals surface area contributed by atoms with E-state index in [4.69, 9.17) is 10.6 Å². The molecule has 0 fully saturated rings. The average Bonchev–Trinajstić information content (AvgIpc) is 2.87. The number of hydrogen-bond donors (Lipinski definition) is 2. The summed E-state index contributed by atoms with van der Waals surface area (Å²) in [7, 11) is 0. The quantitative estimate of drug-likeness (QED) is 0.650. The highest BCUT2D eigenvalue weighted by Gasteiger charge is 2.17. The summed E-state index contributed by atoms with van der Waals surface area (Å²) in [5.74, 6) is 5.72. The highest BCUT2D eigenvalue weighted by Crippen LogP contribution is 2.27. The maximum atomic E-state index is 5.72. The summed E-state index contributed by atoms with van der Waals surface area (Å²) >= 11 is 0. The molecular formula is C15H17N3O. The SMILES string of the molecule is Cc1cncc(C(NN)c2ccc3c(c2)COC3)c1. The van der Waals surface area contributed by atoms with Crippen LogP contribution in [-0.2, 0) is 18.0 Å². The van der Waals surface area contributed by atoms with Gasteiger partial charge in [-0.3, -0.25) is 10.8 Å². The first kappa shape index (κ1) is 12.3. The molecule has 1 aromatic heterocycles. The zero-order valence-electron chi connectivity index (χ0n) is 10.9. The van der Waals surface area contributed by atoms with Gasteiger partial charge >= 0.3 is 0 Å². The number of aryl methyl sites for hydroxylation is 1. The molecule has 0 radical (unpaired) electrons. The van der Waals surface area contributed by atoms with Crippen molar-refractivity contribution in [3.8, 4) is 0 Å². The summed E-state index contributed by atoms with van der Waals surface area (Å²) < 4.78 is 5.44. The van der Waals surface area contributed by atoms with Crippen LogP contribution in [0.3, 0.4) is 0 Å². The molecule has 1 unspecified atom stereocenters. The third-order valence-electron chi connectivity index (χ3n) is 3.47. The summed E-state index contributed by atoms with van der Waals surface area (Å²) in [4.78, 5) is 4.23. The molecule has 4 nitrogen and oxygen atoms in total. The van der Waals surface area contributed by atoms with E-state index in [2.05, 4.69) is 34.7 Å². The van der Waals surface area contributed by atoms with Crippen LogP contribution < -0.4 is 11.3 Å². The monoisotopic (exact) mass is 255 g/mol. The largest absolute Gasteiger partial charge is 0.372 e. The number of hydrazine groups is 1. The van der Waals surface area contributed by atoms with Gasteiger partial charge in [-0.05, 0) is 34.7 Å². The molecule has 0 saturated heterocycles. The van der Waals surface area contributed by atoms with Crippen LogP contribution >= 0.6 is 0 Å². The maximum absolute atomic E-state index is 5.72. The number of nitrogens with two attached hydrogens (primary N) is 1. The maximum Gasteiger partial charge on any atom is 0.0725 e. The molecule has 4 heteroatoms. The number of pyridine rings is 1. The van der Waals surface area contributed by atoms with Gasteiger partial charge in [-0.1, -0.05) is 24.3 Å². The number of aromatic nitrogens is 1. The zero-order chi connectivity index (χ0) is 13.2. The van der Waals surface area contributed by atoms with Gasteiger partial charge in [-0.2, -0.15) is 0 Å². The van der Waals surface area contributed by atoms with E-state index in [0.29, 0.717) is 13.2 Å². The topological polar surface area (TPSA) is 60.2 Å². The lowest BCUT2D eigenvalue weighted by atomic mass is 9.96. The number of fused-ring (bicyclic) bond motifs is 1. The van der Waals surface area contributed by atoms with Crippen LogP contribution in [0.4, 0.5) is 0 Å². The van der Waals surface area contributed by atoms with E-state index in [-0.39, 0.29) is 6.04 Å². The molecule has 0 bridgehead atoms. The van der Waals surface area contributed by atoms with Gasteiger partial charge in [0.2, 0.25) is 0 Å². The Balaban J connectivity index is 1.98. The van der Waals surface area contributed by atoms with Crippen LogP contribution in [0, 0.1) is 6.92 Å². The second-order valence-electron chi connectivity index (χ2n) is 4.92. The fourth-order valence-electron chi connectivity index (χ4n) is 2.49. The van der Waals surface area contributed by atoms with Gasteiger partial charge in [0.25, 0.3) is 0 Å². The molecule has 1 aliphatic heterocycles. The predicted molar refractivity (Wildman–Crippen MR) is 73.1 cm³/mol. The first-order valence-corrected chi connectivity index (χ1v) is 6.35. The lowest BCUT2D eigenvalue weighted by Crippen LogP contribution is -2.29. The van der Waals surface area contributed by atoms with Gasteiger partial charge in [-0.15, -0.1) is 0 Å². The van der Waals surface area contributed by atoms with Gasteiger partial charge in [-0.25, -0.2) is 5.43 Å². The molecule has 98 valence electrons. The van der Waals surface area contributed by atoms with E-state index >= 15 is 0 Å². The smallest absolute Gasteiger partial charge is 0.0725 e. The molecule has 0 saturated carbocycles. The van der Waals surface area contributed by atoms with E-state index in [1.807, 2.05) is 19.3 Å². The minimum Gasteiger partial charge on any atom is -0.372 e. The highest BCUT2D eigenvalue weighted by molar-refractivity contribution is 5.38. The second kappa shape index (κ2) is 5.09. The van der Waals surface area contributed by atoms with Crippen molar-refractivity contribution in [3.63, 3.8) is 0 Å². The first-order chi connectivity index (χ1) is 9.28. The fourth-order valence-corrected chi connectivity index (χ4v) is 2.49. The van der Waals surface area contributed by atoms with Crippen LogP contribution in [0.25, 0.3) is 0 Å². The van der Waals surface area contributed by atoms with Crippen LogP contribution in [0.1, 0.15) is 33.9 Å². The van der Waals surface area contributed by atoms with Crippen molar-refractivity contribution < 1.29 is 4.74 Å². The summed E-state index contributed by atoms with van der Waals surface area (Å²) in [6.45, 7) is 3.43. The Hall–Kier alpha value is -1.75. The molecule has 2 aromatic rings. The van der Waals surface area contributed by atoms with Crippen molar-refractivity contribution in [2.75, 3.05) is 0 Å². The van der Waals surface area contributed by atoms with Crippen LogP contribution in [0.2, 0.25) is 0 Å². The molecule has 3 N–H and O–H groups in total. The summed E-state index contributed by atoms with van der Waals surface area (Å²) in [6.07, 6.45) is 3.69. The van der Waals surface area contributed by atoms with E-state index in [1.165, 1.54) is 11.1 Å². The Morgan fingerprint density at radius 3 is 2.79 bits per heavy atom. The lowest BCUT2D eigenvalue weighted by molar-refractivity contribution is 0.134. The van der Waals surface area contributed by atoms with Crippen molar-refractivity contribution in [2.45, 2.75) is 26.2 Å². The first-order valence-electron chi connectivity index (χ1n) is 6.35. The molecule has 1 aliphatic rings. The van der Waals surface area contributed by atoms with Crippen molar-refractivity contribution >= 4 is 0 Å². The van der Waals surface area contributed by atoms with Gasteiger partial charge in [0.1, 0.15) is 0 Å².